The number of aromatic nitrogens is 1. The van der Waals surface area contributed by atoms with Gasteiger partial charge in [-0.3, -0.25) is 9.59 Å². The van der Waals surface area contributed by atoms with E-state index in [-0.39, 0.29) is 17.2 Å². The number of allylic oxidation sites excluding steroid dienone is 6. The van der Waals surface area contributed by atoms with Gasteiger partial charge in [-0.15, -0.1) is 0 Å². The Hall–Kier alpha value is -2.19. The molecule has 2 heterocycles. The molecule has 164 valence electrons. The number of anilines is 1. The molecule has 1 aromatic rings. The fraction of sp³-hybridized carbons (Fsp3) is 0.522. The molecule has 2 aliphatic carbocycles. The predicted octanol–water partition coefficient (Wildman–Crippen LogP) is 3.21. The number of carbonyl (C=O) groups is 2. The van der Waals surface area contributed by atoms with E-state index < -0.39 is 5.92 Å². The second-order valence-electron chi connectivity index (χ2n) is 8.96. The summed E-state index contributed by atoms with van der Waals surface area (Å²) in [6.45, 7) is 5.23. The molecule has 0 saturated carbocycles. The lowest BCUT2D eigenvalue weighted by molar-refractivity contribution is -0.142. The summed E-state index contributed by atoms with van der Waals surface area (Å²) < 4.78 is 9.45. The molecule has 5 atom stereocenters. The topological polar surface area (TPSA) is 71.5 Å². The van der Waals surface area contributed by atoms with Crippen LogP contribution in [0.1, 0.15) is 31.4 Å². The van der Waals surface area contributed by atoms with Crippen molar-refractivity contribution in [2.45, 2.75) is 25.7 Å². The van der Waals surface area contributed by atoms with Crippen molar-refractivity contribution in [3.8, 4) is 0 Å². The van der Waals surface area contributed by atoms with Crippen molar-refractivity contribution in [3.63, 3.8) is 0 Å². The number of likely N-dealkylation sites (tertiary alicyclic amines) is 1. The number of fused-ring (bicyclic) bond motifs is 2. The number of methoxy groups -OCH3 is 1. The van der Waals surface area contributed by atoms with Crippen LogP contribution in [0.15, 0.2) is 42.5 Å². The quantitative estimate of drug-likeness (QED) is 0.419. The highest BCUT2D eigenvalue weighted by atomic mass is 32.1. The average Bonchev–Trinajstić information content (AvgIpc) is 3.36. The summed E-state index contributed by atoms with van der Waals surface area (Å²) in [6.07, 6.45) is 15.7. The maximum absolute atomic E-state index is 12.5. The highest BCUT2D eigenvalue weighted by molar-refractivity contribution is 7.10. The third-order valence-corrected chi connectivity index (χ3v) is 7.86. The summed E-state index contributed by atoms with van der Waals surface area (Å²) in [5, 5.41) is 3.39. The van der Waals surface area contributed by atoms with Crippen molar-refractivity contribution in [2.24, 2.45) is 23.2 Å². The van der Waals surface area contributed by atoms with Crippen molar-refractivity contribution >= 4 is 36.2 Å². The van der Waals surface area contributed by atoms with E-state index in [2.05, 4.69) is 58.0 Å². The number of hydrogen-bond donors (Lipinski definition) is 1. The van der Waals surface area contributed by atoms with Crippen LogP contribution in [-0.2, 0) is 9.53 Å². The number of carbonyl (C=O) groups excluding carboxylic acids is 2. The molecule has 1 N–H and O–H groups in total. The number of nitrogens with zero attached hydrogens (tertiary/aromatic N) is 2. The number of hydrogen-bond acceptors (Lipinski definition) is 6. The van der Waals surface area contributed by atoms with Gasteiger partial charge in [-0.05, 0) is 55.4 Å². The minimum absolute atomic E-state index is 0.146. The highest BCUT2D eigenvalue weighted by Crippen LogP contribution is 2.53. The Morgan fingerprint density at radius 2 is 2.19 bits per heavy atom. The van der Waals surface area contributed by atoms with Crippen molar-refractivity contribution in [2.75, 3.05) is 32.1 Å². The average molecular weight is 439 g/mol. The van der Waals surface area contributed by atoms with E-state index in [9.17, 15) is 9.59 Å². The zero-order valence-electron chi connectivity index (χ0n) is 18.4. The predicted molar refractivity (Wildman–Crippen MR) is 126 cm³/mol. The van der Waals surface area contributed by atoms with Gasteiger partial charge in [0, 0.05) is 17.9 Å². The van der Waals surface area contributed by atoms with E-state index in [1.165, 1.54) is 26.5 Å². The number of nitrogens with one attached hydrogen (secondary N) is 1. The summed E-state index contributed by atoms with van der Waals surface area (Å²) in [4.78, 5) is 26.2. The Kier molecular flexibility index (Phi) is 6.48. The maximum atomic E-state index is 12.5. The highest BCUT2D eigenvalue weighted by Gasteiger charge is 2.48. The smallest absolute Gasteiger partial charge is 0.314 e. The van der Waals surface area contributed by atoms with Crippen LogP contribution in [0.25, 0.3) is 0 Å². The number of esters is 1. The zero-order chi connectivity index (χ0) is 22.0. The van der Waals surface area contributed by atoms with E-state index in [0.29, 0.717) is 34.9 Å². The molecule has 1 aliphatic heterocycles. The molecule has 3 aliphatic rings. The molecule has 0 radical (unpaired) electrons. The first-order valence-electron chi connectivity index (χ1n) is 11.0. The standard InChI is InChI=1S/C23H30BN3O3S/c1-15-14-27(12-10-23(15)9-7-16-5-3-4-6-18(16)23)11-8-17(21(28)30-2)19-13-20(31-26-19)25-22(24)29/h3-7,9,13,15-18H,8,10-12,14,24H2,1-2H3,(H,25,29)/t15-,16?,17?,18?,23-/m0/s1. The number of amides is 1. The number of rotatable bonds is 6. The lowest BCUT2D eigenvalue weighted by Crippen LogP contribution is -2.48. The summed E-state index contributed by atoms with van der Waals surface area (Å²) in [7, 11) is 2.88. The molecule has 0 aromatic carbocycles. The molecule has 4 rings (SSSR count). The minimum atomic E-state index is -0.419. The first-order chi connectivity index (χ1) is 14.9. The van der Waals surface area contributed by atoms with Gasteiger partial charge in [-0.25, -0.2) is 0 Å². The molecule has 1 aromatic heterocycles. The van der Waals surface area contributed by atoms with Gasteiger partial charge >= 0.3 is 5.97 Å². The van der Waals surface area contributed by atoms with Gasteiger partial charge in [0.1, 0.15) is 10.9 Å². The van der Waals surface area contributed by atoms with Crippen molar-refractivity contribution in [1.82, 2.24) is 9.27 Å². The SMILES string of the molecule is BC(=O)Nc1cc(C(CCN2CC[C@@]3(C=CC4C=CC=CC43)[C@@H](C)C2)C(=O)OC)ns1. The van der Waals surface area contributed by atoms with Crippen molar-refractivity contribution in [1.29, 1.82) is 0 Å². The van der Waals surface area contributed by atoms with Crippen molar-refractivity contribution in [3.05, 3.63) is 48.2 Å². The Labute approximate surface area is 189 Å². The van der Waals surface area contributed by atoms with Crippen LogP contribution in [0.2, 0.25) is 0 Å². The largest absolute Gasteiger partial charge is 0.469 e. The van der Waals surface area contributed by atoms with Crippen LogP contribution >= 0.6 is 11.5 Å². The molecular weight excluding hydrogens is 409 g/mol. The maximum Gasteiger partial charge on any atom is 0.314 e. The molecule has 3 unspecified atom stereocenters. The zero-order valence-corrected chi connectivity index (χ0v) is 19.2. The Morgan fingerprint density at radius 3 is 2.94 bits per heavy atom. The van der Waals surface area contributed by atoms with Crippen LogP contribution in [0.4, 0.5) is 9.80 Å². The second-order valence-corrected chi connectivity index (χ2v) is 9.76. The van der Waals surface area contributed by atoms with Gasteiger partial charge in [-0.1, -0.05) is 43.4 Å². The summed E-state index contributed by atoms with van der Waals surface area (Å²) >= 11 is 1.20. The Morgan fingerprint density at radius 1 is 1.39 bits per heavy atom. The molecule has 6 nitrogen and oxygen atoms in total. The fourth-order valence-electron chi connectivity index (χ4n) is 5.47. The van der Waals surface area contributed by atoms with Gasteiger partial charge in [0.2, 0.25) is 7.85 Å². The monoisotopic (exact) mass is 439 g/mol. The number of ether oxygens (including phenoxy) is 1. The molecule has 8 heteroatoms. The van der Waals surface area contributed by atoms with Crippen molar-refractivity contribution < 1.29 is 14.3 Å². The molecule has 1 fully saturated rings. The van der Waals surface area contributed by atoms with E-state index in [4.69, 9.17) is 4.74 Å². The van der Waals surface area contributed by atoms with Gasteiger partial charge < -0.3 is 15.0 Å². The third-order valence-electron chi connectivity index (χ3n) is 7.14. The molecule has 0 bridgehead atoms. The van der Waals surface area contributed by atoms with E-state index in [1.807, 2.05) is 0 Å². The second kappa shape index (κ2) is 9.13. The normalized spacial score (nSPS) is 30.3. The first kappa shape index (κ1) is 22.0. The minimum Gasteiger partial charge on any atom is -0.469 e. The van der Waals surface area contributed by atoms with Gasteiger partial charge in [0.05, 0.1) is 12.8 Å². The molecule has 1 saturated heterocycles. The van der Waals surface area contributed by atoms with Crippen LogP contribution in [0.5, 0.6) is 0 Å². The Balaban J connectivity index is 1.39. The van der Waals surface area contributed by atoms with Crippen LogP contribution in [0.3, 0.4) is 0 Å². The van der Waals surface area contributed by atoms with Gasteiger partial charge in [0.25, 0.3) is 0 Å². The van der Waals surface area contributed by atoms with Crippen LogP contribution in [0, 0.1) is 23.2 Å². The first-order valence-corrected chi connectivity index (χ1v) is 11.8. The molecular formula is C23H30BN3O3S. The lowest BCUT2D eigenvalue weighted by Gasteiger charge is -2.48. The van der Waals surface area contributed by atoms with Crippen LogP contribution in [-0.4, -0.2) is 55.6 Å². The van der Waals surface area contributed by atoms with E-state index in [1.54, 1.807) is 6.07 Å². The summed E-state index contributed by atoms with van der Waals surface area (Å²) in [5.74, 6) is 0.808. The molecule has 1 amide bonds. The summed E-state index contributed by atoms with van der Waals surface area (Å²) in [6, 6.07) is 1.79. The summed E-state index contributed by atoms with van der Waals surface area (Å²) in [5.41, 5.74) is 0.912. The van der Waals surface area contributed by atoms with Gasteiger partial charge in [0.15, 0.2) is 5.81 Å². The Bertz CT molecular complexity index is 927. The van der Waals surface area contributed by atoms with E-state index >= 15 is 0 Å². The third kappa shape index (κ3) is 4.41. The molecule has 1 spiro atoms. The van der Waals surface area contributed by atoms with Gasteiger partial charge in [-0.2, -0.15) is 4.37 Å². The lowest BCUT2D eigenvalue weighted by atomic mass is 9.62. The molecule has 31 heavy (non-hydrogen) atoms. The number of piperidine rings is 1. The fourth-order valence-corrected chi connectivity index (χ4v) is 6.21. The van der Waals surface area contributed by atoms with E-state index in [0.717, 1.165) is 26.1 Å². The van der Waals surface area contributed by atoms with Crippen LogP contribution < -0.4 is 5.32 Å².